The molecule has 286 valence electrons. The molecule has 0 spiro atoms. The van der Waals surface area contributed by atoms with E-state index in [4.69, 9.17) is 20.1 Å². The summed E-state index contributed by atoms with van der Waals surface area (Å²) in [4.78, 5) is 15.2. The van der Waals surface area contributed by atoms with Crippen molar-refractivity contribution in [3.8, 4) is 89.9 Å². The Morgan fingerprint density at radius 2 is 0.705 bits per heavy atom. The van der Waals surface area contributed by atoms with E-state index in [0.717, 1.165) is 77.8 Å². The Morgan fingerprint density at radius 1 is 0.295 bits per heavy atom. The van der Waals surface area contributed by atoms with Gasteiger partial charge in [0.05, 0.1) is 17.4 Å². The smallest absolute Gasteiger partial charge is 0.164 e. The lowest BCUT2D eigenvalue weighted by Crippen LogP contribution is -2.00. The summed E-state index contributed by atoms with van der Waals surface area (Å²) in [6, 6.07) is 76.1. The molecule has 61 heavy (non-hydrogen) atoms. The number of nitrogens with zero attached hydrogens (tertiary/aromatic N) is 5. The summed E-state index contributed by atoms with van der Waals surface area (Å²) >= 11 is 0. The number of aromatic nitrogens is 5. The SMILES string of the molecule is c1ccc(-c2ccc(-c3nc(-c4ccccc4)nc(-c4cccc(-c5cccc(-c6c(-c7ccccc7)n7ncc(-c8ccccc8)c7c7ccccc67)c5)c4)n3)cc2)cc1. The lowest BCUT2D eigenvalue weighted by atomic mass is 9.90. The summed E-state index contributed by atoms with van der Waals surface area (Å²) in [6.45, 7) is 0. The molecule has 0 aliphatic carbocycles. The Hall–Kier alpha value is -8.28. The van der Waals surface area contributed by atoms with Gasteiger partial charge in [0.25, 0.3) is 0 Å². The van der Waals surface area contributed by atoms with Gasteiger partial charge in [-0.3, -0.25) is 0 Å². The highest BCUT2D eigenvalue weighted by Crippen LogP contribution is 2.43. The minimum absolute atomic E-state index is 0.615. The van der Waals surface area contributed by atoms with Gasteiger partial charge in [-0.15, -0.1) is 0 Å². The predicted octanol–water partition coefficient (Wildman–Crippen LogP) is 14.0. The molecule has 5 heteroatoms. The first kappa shape index (κ1) is 35.8. The predicted molar refractivity (Wildman–Crippen MR) is 250 cm³/mol. The van der Waals surface area contributed by atoms with Crippen LogP contribution >= 0.6 is 0 Å². The molecular weight excluding hydrogens is 743 g/mol. The maximum Gasteiger partial charge on any atom is 0.164 e. The molecule has 0 bridgehead atoms. The number of benzene rings is 8. The summed E-state index contributed by atoms with van der Waals surface area (Å²) in [5.41, 5.74) is 14.9. The van der Waals surface area contributed by atoms with Gasteiger partial charge in [0.15, 0.2) is 17.5 Å². The van der Waals surface area contributed by atoms with Crippen LogP contribution in [-0.2, 0) is 0 Å². The van der Waals surface area contributed by atoms with E-state index >= 15 is 0 Å². The highest BCUT2D eigenvalue weighted by atomic mass is 15.2. The molecule has 0 atom stereocenters. The molecule has 0 saturated heterocycles. The monoisotopic (exact) mass is 779 g/mol. The molecule has 3 heterocycles. The molecule has 11 rings (SSSR count). The molecule has 0 aliphatic rings. The number of hydrogen-bond donors (Lipinski definition) is 0. The number of pyridine rings is 1. The molecular formula is C56H37N5. The summed E-state index contributed by atoms with van der Waals surface area (Å²) in [5.74, 6) is 1.87. The molecule has 0 unspecified atom stereocenters. The third kappa shape index (κ3) is 6.74. The van der Waals surface area contributed by atoms with E-state index in [1.54, 1.807) is 0 Å². The van der Waals surface area contributed by atoms with Crippen molar-refractivity contribution < 1.29 is 0 Å². The third-order valence-electron chi connectivity index (χ3n) is 11.3. The Labute approximate surface area is 354 Å². The van der Waals surface area contributed by atoms with E-state index in [1.165, 1.54) is 10.9 Å². The van der Waals surface area contributed by atoms with Crippen LogP contribution in [0.3, 0.4) is 0 Å². The Bertz CT molecular complexity index is 3330. The van der Waals surface area contributed by atoms with Crippen molar-refractivity contribution >= 4 is 16.3 Å². The van der Waals surface area contributed by atoms with Crippen LogP contribution < -0.4 is 0 Å². The van der Waals surface area contributed by atoms with Crippen LogP contribution in [0.2, 0.25) is 0 Å². The highest BCUT2D eigenvalue weighted by molar-refractivity contribution is 6.13. The van der Waals surface area contributed by atoms with Gasteiger partial charge in [-0.1, -0.05) is 206 Å². The molecule has 0 N–H and O–H groups in total. The number of hydrogen-bond acceptors (Lipinski definition) is 4. The van der Waals surface area contributed by atoms with Crippen molar-refractivity contribution in [1.82, 2.24) is 24.6 Å². The van der Waals surface area contributed by atoms with Gasteiger partial charge >= 0.3 is 0 Å². The second kappa shape index (κ2) is 15.5. The first-order valence-corrected chi connectivity index (χ1v) is 20.5. The summed E-state index contributed by atoms with van der Waals surface area (Å²) in [7, 11) is 0. The fourth-order valence-corrected chi connectivity index (χ4v) is 8.39. The second-order valence-corrected chi connectivity index (χ2v) is 15.1. The van der Waals surface area contributed by atoms with Gasteiger partial charge in [0, 0.05) is 38.8 Å². The minimum Gasteiger partial charge on any atom is -0.231 e. The van der Waals surface area contributed by atoms with Gasteiger partial charge in [-0.2, -0.15) is 5.10 Å². The topological polar surface area (TPSA) is 56.0 Å². The standard InChI is InChI=1S/C56H37N5/c1-5-17-38(18-6-1)39-31-33-43(34-32-39)55-58-54(42-23-11-4-12-24-42)59-56(60-55)47-28-16-26-45(36-47)44-25-15-27-46(35-44)51-48-29-13-14-30-49(48)53-50(40-19-7-2-8-20-40)37-57-61(53)52(51)41-21-9-3-10-22-41/h1-37H. The second-order valence-electron chi connectivity index (χ2n) is 15.1. The van der Waals surface area contributed by atoms with Gasteiger partial charge in [0.1, 0.15) is 0 Å². The quantitative estimate of drug-likeness (QED) is 0.154. The van der Waals surface area contributed by atoms with Crippen LogP contribution in [0, 0.1) is 0 Å². The Morgan fingerprint density at radius 3 is 1.33 bits per heavy atom. The van der Waals surface area contributed by atoms with Gasteiger partial charge in [-0.25, -0.2) is 19.5 Å². The largest absolute Gasteiger partial charge is 0.231 e. The van der Waals surface area contributed by atoms with Crippen LogP contribution in [0.1, 0.15) is 0 Å². The molecule has 8 aromatic carbocycles. The van der Waals surface area contributed by atoms with Gasteiger partial charge < -0.3 is 0 Å². The zero-order chi connectivity index (χ0) is 40.5. The normalized spacial score (nSPS) is 11.3. The van der Waals surface area contributed by atoms with Crippen molar-refractivity contribution in [3.05, 3.63) is 225 Å². The summed E-state index contributed by atoms with van der Waals surface area (Å²) in [6.07, 6.45) is 2.00. The molecule has 0 fully saturated rings. The average molecular weight is 780 g/mol. The molecule has 0 aliphatic heterocycles. The van der Waals surface area contributed by atoms with Gasteiger partial charge in [0.2, 0.25) is 0 Å². The van der Waals surface area contributed by atoms with E-state index < -0.39 is 0 Å². The van der Waals surface area contributed by atoms with Crippen LogP contribution in [-0.4, -0.2) is 24.6 Å². The first-order chi connectivity index (χ1) is 30.2. The maximum absolute atomic E-state index is 5.11. The van der Waals surface area contributed by atoms with Crippen molar-refractivity contribution in [3.63, 3.8) is 0 Å². The zero-order valence-corrected chi connectivity index (χ0v) is 33.1. The summed E-state index contributed by atoms with van der Waals surface area (Å²) in [5, 5.41) is 7.42. The molecule has 0 saturated carbocycles. The maximum atomic E-state index is 5.11. The van der Waals surface area contributed by atoms with E-state index in [-0.39, 0.29) is 0 Å². The van der Waals surface area contributed by atoms with Crippen molar-refractivity contribution in [2.24, 2.45) is 0 Å². The molecule has 5 nitrogen and oxygen atoms in total. The van der Waals surface area contributed by atoms with Crippen molar-refractivity contribution in [2.45, 2.75) is 0 Å². The van der Waals surface area contributed by atoms with E-state index in [1.807, 2.05) is 42.6 Å². The van der Waals surface area contributed by atoms with Crippen LogP contribution in [0.5, 0.6) is 0 Å². The number of fused-ring (bicyclic) bond motifs is 3. The van der Waals surface area contributed by atoms with E-state index in [9.17, 15) is 0 Å². The number of rotatable bonds is 8. The lowest BCUT2D eigenvalue weighted by molar-refractivity contribution is 0.976. The Kier molecular flexibility index (Phi) is 9.10. The van der Waals surface area contributed by atoms with E-state index in [0.29, 0.717) is 17.5 Å². The molecule has 0 amide bonds. The van der Waals surface area contributed by atoms with Crippen LogP contribution in [0.15, 0.2) is 225 Å². The first-order valence-electron chi connectivity index (χ1n) is 20.5. The highest BCUT2D eigenvalue weighted by Gasteiger charge is 2.22. The molecule has 0 radical (unpaired) electrons. The Balaban J connectivity index is 1.04. The van der Waals surface area contributed by atoms with E-state index in [2.05, 4.69) is 187 Å². The van der Waals surface area contributed by atoms with Crippen LogP contribution in [0.25, 0.3) is 106 Å². The fraction of sp³-hybridized carbons (Fsp3) is 0. The average Bonchev–Trinajstić information content (AvgIpc) is 3.80. The van der Waals surface area contributed by atoms with Crippen molar-refractivity contribution in [2.75, 3.05) is 0 Å². The van der Waals surface area contributed by atoms with Gasteiger partial charge in [-0.05, 0) is 50.9 Å². The third-order valence-corrected chi connectivity index (χ3v) is 11.3. The molecule has 11 aromatic rings. The fourth-order valence-electron chi connectivity index (χ4n) is 8.39. The van der Waals surface area contributed by atoms with Crippen LogP contribution in [0.4, 0.5) is 0 Å². The summed E-state index contributed by atoms with van der Waals surface area (Å²) < 4.78 is 2.14. The lowest BCUT2D eigenvalue weighted by Gasteiger charge is -2.18. The molecule has 3 aromatic heterocycles. The minimum atomic E-state index is 0.615. The van der Waals surface area contributed by atoms with Crippen molar-refractivity contribution in [1.29, 1.82) is 0 Å². The zero-order valence-electron chi connectivity index (χ0n) is 33.1.